The van der Waals surface area contributed by atoms with Crippen molar-refractivity contribution in [1.82, 2.24) is 10.9 Å². The summed E-state index contributed by atoms with van der Waals surface area (Å²) in [5.74, 6) is 0. The lowest BCUT2D eigenvalue weighted by Gasteiger charge is -2.10. The smallest absolute Gasteiger partial charge is 0.421 e. The van der Waals surface area contributed by atoms with Gasteiger partial charge in [-0.25, -0.2) is 10.2 Å². The topological polar surface area (TPSA) is 50.4 Å². The van der Waals surface area contributed by atoms with E-state index in [0.29, 0.717) is 0 Å². The summed E-state index contributed by atoms with van der Waals surface area (Å²) < 4.78 is 4.97. The molecule has 0 bridgehead atoms. The van der Waals surface area contributed by atoms with Gasteiger partial charge in [0, 0.05) is 6.04 Å². The molecule has 0 radical (unpaired) electrons. The van der Waals surface area contributed by atoms with Gasteiger partial charge in [-0.05, 0) is 19.4 Å². The molecular weight excluding hydrogens is 192 g/mol. The van der Waals surface area contributed by atoms with Crippen LogP contribution in [-0.2, 0) is 11.3 Å². The molecule has 0 aliphatic carbocycles. The maximum absolute atomic E-state index is 11.1. The number of benzene rings is 1. The average molecular weight is 208 g/mol. The van der Waals surface area contributed by atoms with Crippen molar-refractivity contribution in [3.8, 4) is 0 Å². The first-order valence-corrected chi connectivity index (χ1v) is 4.90. The Balaban J connectivity index is 2.23. The first kappa shape index (κ1) is 11.5. The van der Waals surface area contributed by atoms with Crippen LogP contribution in [0.4, 0.5) is 4.79 Å². The molecule has 0 atom stereocenters. The van der Waals surface area contributed by atoms with Gasteiger partial charge in [0.05, 0.1) is 0 Å². The fourth-order valence-electron chi connectivity index (χ4n) is 0.962. The van der Waals surface area contributed by atoms with Gasteiger partial charge in [0.15, 0.2) is 0 Å². The Bertz CT molecular complexity index is 299. The van der Waals surface area contributed by atoms with Gasteiger partial charge in [0.1, 0.15) is 6.61 Å². The van der Waals surface area contributed by atoms with Crippen molar-refractivity contribution in [3.05, 3.63) is 35.9 Å². The van der Waals surface area contributed by atoms with Crippen LogP contribution in [0.3, 0.4) is 0 Å². The first-order valence-electron chi connectivity index (χ1n) is 4.90. The van der Waals surface area contributed by atoms with Gasteiger partial charge in [-0.1, -0.05) is 30.3 Å². The number of hydrogen-bond donors (Lipinski definition) is 2. The second-order valence-electron chi connectivity index (χ2n) is 3.49. The molecule has 0 heterocycles. The molecule has 4 nitrogen and oxygen atoms in total. The summed E-state index contributed by atoms with van der Waals surface area (Å²) in [5, 5.41) is 0. The zero-order chi connectivity index (χ0) is 11.1. The fourth-order valence-corrected chi connectivity index (χ4v) is 0.962. The SMILES string of the molecule is CC(C)NNC(=O)OCc1ccccc1. The highest BCUT2D eigenvalue weighted by molar-refractivity contribution is 5.66. The quantitative estimate of drug-likeness (QED) is 0.742. The predicted molar refractivity (Wildman–Crippen MR) is 58.0 cm³/mol. The van der Waals surface area contributed by atoms with E-state index in [9.17, 15) is 4.79 Å². The Morgan fingerprint density at radius 3 is 2.60 bits per heavy atom. The van der Waals surface area contributed by atoms with E-state index in [1.807, 2.05) is 44.2 Å². The van der Waals surface area contributed by atoms with Crippen molar-refractivity contribution in [2.45, 2.75) is 26.5 Å². The van der Waals surface area contributed by atoms with Gasteiger partial charge < -0.3 is 4.74 Å². The Kier molecular flexibility index (Phi) is 4.63. The van der Waals surface area contributed by atoms with Gasteiger partial charge in [0.2, 0.25) is 0 Å². The lowest BCUT2D eigenvalue weighted by atomic mass is 10.2. The maximum atomic E-state index is 11.1. The van der Waals surface area contributed by atoms with Crippen LogP contribution in [-0.4, -0.2) is 12.1 Å². The van der Waals surface area contributed by atoms with Gasteiger partial charge >= 0.3 is 6.09 Å². The van der Waals surface area contributed by atoms with Crippen LogP contribution in [0, 0.1) is 0 Å². The Morgan fingerprint density at radius 1 is 1.33 bits per heavy atom. The van der Waals surface area contributed by atoms with Crippen LogP contribution in [0.25, 0.3) is 0 Å². The predicted octanol–water partition coefficient (Wildman–Crippen LogP) is 1.83. The zero-order valence-electron chi connectivity index (χ0n) is 8.99. The molecule has 15 heavy (non-hydrogen) atoms. The summed E-state index contributed by atoms with van der Waals surface area (Å²) in [6, 6.07) is 9.73. The van der Waals surface area contributed by atoms with E-state index in [1.165, 1.54) is 0 Å². The molecule has 82 valence electrons. The lowest BCUT2D eigenvalue weighted by Crippen LogP contribution is -2.41. The minimum Gasteiger partial charge on any atom is -0.444 e. The highest BCUT2D eigenvalue weighted by Gasteiger charge is 2.01. The normalized spacial score (nSPS) is 10.1. The summed E-state index contributed by atoms with van der Waals surface area (Å²) >= 11 is 0. The Labute approximate surface area is 89.6 Å². The molecule has 1 amide bonds. The molecular formula is C11H16N2O2. The lowest BCUT2D eigenvalue weighted by molar-refractivity contribution is 0.133. The number of nitrogens with one attached hydrogen (secondary N) is 2. The largest absolute Gasteiger partial charge is 0.444 e. The number of carbonyl (C=O) groups excluding carboxylic acids is 1. The molecule has 1 rings (SSSR count). The van der Waals surface area contributed by atoms with Crippen LogP contribution in [0.2, 0.25) is 0 Å². The van der Waals surface area contributed by atoms with E-state index in [0.717, 1.165) is 5.56 Å². The van der Waals surface area contributed by atoms with Gasteiger partial charge in [-0.15, -0.1) is 0 Å². The summed E-state index contributed by atoms with van der Waals surface area (Å²) in [5.41, 5.74) is 6.17. The van der Waals surface area contributed by atoms with Gasteiger partial charge in [-0.2, -0.15) is 0 Å². The average Bonchev–Trinajstić information content (AvgIpc) is 2.25. The number of ether oxygens (including phenoxy) is 1. The number of amides is 1. The second-order valence-corrected chi connectivity index (χ2v) is 3.49. The number of hydrogen-bond acceptors (Lipinski definition) is 3. The summed E-state index contributed by atoms with van der Waals surface area (Å²) in [4.78, 5) is 11.1. The van der Waals surface area contributed by atoms with E-state index in [4.69, 9.17) is 4.74 Å². The third-order valence-corrected chi connectivity index (χ3v) is 1.68. The molecule has 0 unspecified atom stereocenters. The molecule has 4 heteroatoms. The third-order valence-electron chi connectivity index (χ3n) is 1.68. The molecule has 1 aromatic carbocycles. The van der Waals surface area contributed by atoms with Crippen LogP contribution < -0.4 is 10.9 Å². The monoisotopic (exact) mass is 208 g/mol. The highest BCUT2D eigenvalue weighted by atomic mass is 16.6. The second kappa shape index (κ2) is 6.03. The van der Waals surface area contributed by atoms with Crippen molar-refractivity contribution in [2.24, 2.45) is 0 Å². The maximum Gasteiger partial charge on any atom is 0.421 e. The Hall–Kier alpha value is -1.55. The Morgan fingerprint density at radius 2 is 2.00 bits per heavy atom. The molecule has 2 N–H and O–H groups in total. The van der Waals surface area contributed by atoms with E-state index in [2.05, 4.69) is 10.9 Å². The molecule has 0 aliphatic rings. The highest BCUT2D eigenvalue weighted by Crippen LogP contribution is 1.99. The number of hydrazine groups is 1. The zero-order valence-corrected chi connectivity index (χ0v) is 8.99. The minimum absolute atomic E-state index is 0.189. The van der Waals surface area contributed by atoms with Crippen molar-refractivity contribution >= 4 is 6.09 Å². The summed E-state index contributed by atoms with van der Waals surface area (Å²) in [6.07, 6.45) is -0.465. The molecule has 0 aliphatic heterocycles. The van der Waals surface area contributed by atoms with E-state index in [1.54, 1.807) is 0 Å². The van der Waals surface area contributed by atoms with Crippen LogP contribution in [0.1, 0.15) is 19.4 Å². The summed E-state index contributed by atoms with van der Waals surface area (Å²) in [7, 11) is 0. The standard InChI is InChI=1S/C11H16N2O2/c1-9(2)12-13-11(14)15-8-10-6-4-3-5-7-10/h3-7,9,12H,8H2,1-2H3,(H,13,14). The first-order chi connectivity index (χ1) is 7.18. The molecule has 1 aromatic rings. The molecule has 0 saturated heterocycles. The molecule has 0 spiro atoms. The van der Waals surface area contributed by atoms with Crippen LogP contribution in [0.15, 0.2) is 30.3 Å². The minimum atomic E-state index is -0.465. The molecule has 0 saturated carbocycles. The van der Waals surface area contributed by atoms with E-state index >= 15 is 0 Å². The van der Waals surface area contributed by atoms with Crippen LogP contribution >= 0.6 is 0 Å². The van der Waals surface area contributed by atoms with Crippen molar-refractivity contribution in [2.75, 3.05) is 0 Å². The molecule has 0 fully saturated rings. The van der Waals surface area contributed by atoms with E-state index in [-0.39, 0.29) is 12.6 Å². The van der Waals surface area contributed by atoms with Crippen molar-refractivity contribution in [1.29, 1.82) is 0 Å². The number of carbonyl (C=O) groups is 1. The van der Waals surface area contributed by atoms with Gasteiger partial charge in [-0.3, -0.25) is 5.43 Å². The fraction of sp³-hybridized carbons (Fsp3) is 0.364. The molecule has 0 aromatic heterocycles. The van der Waals surface area contributed by atoms with Crippen molar-refractivity contribution < 1.29 is 9.53 Å². The van der Waals surface area contributed by atoms with Crippen LogP contribution in [0.5, 0.6) is 0 Å². The van der Waals surface area contributed by atoms with Crippen molar-refractivity contribution in [3.63, 3.8) is 0 Å². The van der Waals surface area contributed by atoms with E-state index < -0.39 is 6.09 Å². The van der Waals surface area contributed by atoms with Gasteiger partial charge in [0.25, 0.3) is 0 Å². The summed E-state index contributed by atoms with van der Waals surface area (Å²) in [6.45, 7) is 4.14. The number of rotatable bonds is 4. The third kappa shape index (κ3) is 5.02.